The number of benzene rings is 1. The molecular formula is C30H39AsBFO7. The second kappa shape index (κ2) is 10.3. The first-order valence-electron chi connectivity index (χ1n) is 14.3. The van der Waals surface area contributed by atoms with Gasteiger partial charge in [0, 0.05) is 6.42 Å². The monoisotopic (exact) mass is 616 g/mol. The normalized spacial score (nSPS) is 41.5. The molecule has 1 aromatic carbocycles. The van der Waals surface area contributed by atoms with Crippen LogP contribution >= 0.6 is 0 Å². The van der Waals surface area contributed by atoms with Gasteiger partial charge in [-0.1, -0.05) is 6.92 Å². The van der Waals surface area contributed by atoms with Crippen molar-refractivity contribution in [2.45, 2.75) is 83.3 Å². The Labute approximate surface area is 244 Å². The van der Waals surface area contributed by atoms with Gasteiger partial charge in [0.1, 0.15) is 0 Å². The molecule has 3 saturated carbocycles. The molecule has 2 unspecified atom stereocenters. The van der Waals surface area contributed by atoms with Crippen LogP contribution in [0.15, 0.2) is 24.8 Å². The zero-order valence-electron chi connectivity index (χ0n) is 23.6. The van der Waals surface area contributed by atoms with Crippen molar-refractivity contribution in [3.63, 3.8) is 0 Å². The molecule has 1 aliphatic heterocycles. The van der Waals surface area contributed by atoms with Crippen molar-refractivity contribution < 1.29 is 38.6 Å². The van der Waals surface area contributed by atoms with Crippen LogP contribution in [-0.2, 0) is 14.2 Å². The molecule has 2 radical (unpaired) electrons. The van der Waals surface area contributed by atoms with E-state index in [9.17, 15) is 24.8 Å². The van der Waals surface area contributed by atoms with Crippen molar-refractivity contribution >= 4 is 41.2 Å². The Bertz CT molecular complexity index is 1230. The number of aliphatic carboxylic acids is 1. The van der Waals surface area contributed by atoms with Crippen LogP contribution in [0.2, 0.25) is 5.21 Å². The second-order valence-electron chi connectivity index (χ2n) is 13.1. The van der Waals surface area contributed by atoms with Crippen LogP contribution in [0.4, 0.5) is 4.39 Å². The molecule has 0 aromatic heterocycles. The van der Waals surface area contributed by atoms with E-state index < -0.39 is 65.3 Å². The van der Waals surface area contributed by atoms with Gasteiger partial charge in [-0.3, -0.25) is 4.79 Å². The van der Waals surface area contributed by atoms with E-state index in [1.807, 2.05) is 20.8 Å². The molecule has 3 fully saturated rings. The summed E-state index contributed by atoms with van der Waals surface area (Å²) in [5.41, 5.74) is -1.65. The first-order valence-corrected chi connectivity index (χ1v) is 15.6. The number of carboxylic acids is 1. The number of carbonyl (C=O) groups is 2. The first-order chi connectivity index (χ1) is 18.8. The molecule has 2 bridgehead atoms. The SMILES string of the molecule is C=C[C@]1(C)C[C@@H](C(Oc2ccc3c(c2F)B(O)OC3C[As])C(=O)O)[C@@]2(C)[C@H](C)CC[C@]3(CCC(=O)[C@H]32)[C@@H](C)[C@@H]1O. The fourth-order valence-corrected chi connectivity index (χ4v) is 9.60. The van der Waals surface area contributed by atoms with Gasteiger partial charge in [-0.15, -0.1) is 6.58 Å². The Morgan fingerprint density at radius 3 is 2.67 bits per heavy atom. The van der Waals surface area contributed by atoms with Crippen molar-refractivity contribution in [3.05, 3.63) is 36.2 Å². The summed E-state index contributed by atoms with van der Waals surface area (Å²) in [6, 6.07) is 3.00. The number of carboxylic acid groups (broad SMARTS) is 1. The number of aliphatic hydroxyl groups is 1. The molecule has 1 heterocycles. The number of fused-ring (bicyclic) bond motifs is 1. The third kappa shape index (κ3) is 4.09. The zero-order valence-corrected chi connectivity index (χ0v) is 25.5. The minimum Gasteiger partial charge on any atom is -0.392 e. The molecule has 0 spiro atoms. The van der Waals surface area contributed by atoms with Gasteiger partial charge in [0.25, 0.3) is 0 Å². The summed E-state index contributed by atoms with van der Waals surface area (Å²) in [5.74, 6) is -3.68. The van der Waals surface area contributed by atoms with Gasteiger partial charge < -0.3 is 5.11 Å². The van der Waals surface area contributed by atoms with Gasteiger partial charge in [-0.05, 0) is 18.8 Å². The first kappa shape index (κ1) is 29.8. The third-order valence-electron chi connectivity index (χ3n) is 11.5. The zero-order chi connectivity index (χ0) is 29.4. The number of aliphatic hydroxyl groups excluding tert-OH is 1. The smallest absolute Gasteiger partial charge is 0.392 e. The van der Waals surface area contributed by atoms with Crippen LogP contribution < -0.4 is 10.2 Å². The van der Waals surface area contributed by atoms with Crippen molar-refractivity contribution in [3.8, 4) is 5.75 Å². The van der Waals surface area contributed by atoms with Gasteiger partial charge >= 0.3 is 196 Å². The number of carbonyl (C=O) groups excluding carboxylic acids is 1. The van der Waals surface area contributed by atoms with E-state index in [4.69, 9.17) is 9.39 Å². The molecule has 0 amide bonds. The Morgan fingerprint density at radius 1 is 1.35 bits per heavy atom. The minimum atomic E-state index is -1.51. The topological polar surface area (TPSA) is 113 Å². The summed E-state index contributed by atoms with van der Waals surface area (Å²) in [6.45, 7) is 12.0. The molecule has 3 N–H and O–H groups in total. The van der Waals surface area contributed by atoms with Crippen molar-refractivity contribution in [2.75, 3.05) is 0 Å². The van der Waals surface area contributed by atoms with Crippen LogP contribution in [0.25, 0.3) is 0 Å². The van der Waals surface area contributed by atoms with Gasteiger partial charge in [0.05, 0.1) is 0 Å². The number of hydrogen-bond acceptors (Lipinski definition) is 6. The predicted molar refractivity (Wildman–Crippen MR) is 149 cm³/mol. The Kier molecular flexibility index (Phi) is 7.64. The van der Waals surface area contributed by atoms with E-state index in [0.717, 1.165) is 12.8 Å². The van der Waals surface area contributed by atoms with E-state index in [-0.39, 0.29) is 35.3 Å². The maximum atomic E-state index is 15.8. The number of hydrogen-bond donors (Lipinski definition) is 3. The van der Waals surface area contributed by atoms with E-state index in [1.165, 1.54) is 6.07 Å². The van der Waals surface area contributed by atoms with Crippen molar-refractivity contribution in [1.82, 2.24) is 0 Å². The van der Waals surface area contributed by atoms with Crippen LogP contribution in [0.3, 0.4) is 0 Å². The number of ether oxygens (including phenoxy) is 1. The summed E-state index contributed by atoms with van der Waals surface area (Å²) in [7, 11) is -1.48. The maximum absolute atomic E-state index is 15.8. The number of halogens is 1. The van der Waals surface area contributed by atoms with E-state index in [1.54, 1.807) is 12.1 Å². The van der Waals surface area contributed by atoms with Crippen molar-refractivity contribution in [1.29, 1.82) is 0 Å². The summed E-state index contributed by atoms with van der Waals surface area (Å²) in [6.07, 6.45) is 1.68. The second-order valence-corrected chi connectivity index (χ2v) is 13.9. The predicted octanol–water partition coefficient (Wildman–Crippen LogP) is 3.61. The number of Topliss-reactive ketones (excluding diaryl/α,β-unsaturated/α-hetero) is 1. The average Bonchev–Trinajstić information content (AvgIpc) is 3.45. The Balaban J connectivity index is 1.66. The van der Waals surface area contributed by atoms with Gasteiger partial charge in [-0.25, -0.2) is 0 Å². The van der Waals surface area contributed by atoms with E-state index in [0.29, 0.717) is 23.6 Å². The van der Waals surface area contributed by atoms with Gasteiger partial charge in [0.2, 0.25) is 0 Å². The number of rotatable bonds is 6. The minimum absolute atomic E-state index is 0.0110. The molecule has 216 valence electrons. The third-order valence-corrected chi connectivity index (χ3v) is 12.2. The Morgan fingerprint density at radius 2 is 2.05 bits per heavy atom. The van der Waals surface area contributed by atoms with Crippen LogP contribution in [0, 0.1) is 45.7 Å². The molecule has 10 atom stereocenters. The van der Waals surface area contributed by atoms with Gasteiger partial charge in [-0.2, -0.15) is 0 Å². The molecular weight excluding hydrogens is 577 g/mol. The summed E-state index contributed by atoms with van der Waals surface area (Å²) >= 11 is 2.35. The molecule has 3 aliphatic carbocycles. The van der Waals surface area contributed by atoms with E-state index in [2.05, 4.69) is 30.4 Å². The summed E-state index contributed by atoms with van der Waals surface area (Å²) < 4.78 is 27.4. The van der Waals surface area contributed by atoms with Crippen LogP contribution in [0.1, 0.15) is 71.5 Å². The fourth-order valence-electron chi connectivity index (χ4n) is 9.01. The molecule has 1 aromatic rings. The summed E-state index contributed by atoms with van der Waals surface area (Å²) in [5, 5.41) is 33.3. The quantitative estimate of drug-likeness (QED) is 0.331. The fraction of sp³-hybridized carbons (Fsp3) is 0.667. The Hall–Kier alpha value is -1.67. The number of ketones is 1. The standard InChI is InChI=1S/C30H39AsBFO7/c1-6-28(4)13-18(29(5)15(2)9-11-30(16(3)26(28)35)12-10-19(34)25(29)30)24(27(36)37)39-20-8-7-17-21(14-31)40-32(38)22(17)23(20)33/h6-8,15-16,18,21,24-26,35,38H,1,9-14H2,2-5H3,(H,36,37)/t15-,16+,18+,21?,24?,25+,26+,28-,29-,30+/m1/s1. The van der Waals surface area contributed by atoms with Crippen LogP contribution in [-0.4, -0.2) is 63.2 Å². The van der Waals surface area contributed by atoms with E-state index >= 15 is 4.39 Å². The van der Waals surface area contributed by atoms with Gasteiger partial charge in [0.15, 0.2) is 0 Å². The molecule has 7 nitrogen and oxygen atoms in total. The molecule has 5 rings (SSSR count). The molecule has 40 heavy (non-hydrogen) atoms. The molecule has 4 aliphatic rings. The molecule has 0 saturated heterocycles. The summed E-state index contributed by atoms with van der Waals surface area (Å²) in [4.78, 5) is 26.7. The average molecular weight is 616 g/mol. The molecule has 10 heteroatoms. The van der Waals surface area contributed by atoms with Crippen LogP contribution in [0.5, 0.6) is 5.75 Å². The van der Waals surface area contributed by atoms with Crippen molar-refractivity contribution in [2.24, 2.45) is 39.9 Å².